The van der Waals surface area contributed by atoms with Crippen molar-refractivity contribution < 1.29 is 4.79 Å². The highest BCUT2D eigenvalue weighted by Gasteiger charge is 2.25. The maximum atomic E-state index is 11.9. The number of nitrogens with two attached hydrogens (primary N) is 1. The summed E-state index contributed by atoms with van der Waals surface area (Å²) in [6.07, 6.45) is 2.10. The van der Waals surface area contributed by atoms with E-state index in [1.54, 1.807) is 6.07 Å². The Morgan fingerprint density at radius 1 is 1.08 bits per heavy atom. The number of hydrogen-bond acceptors (Lipinski definition) is 3. The zero-order valence-electron chi connectivity index (χ0n) is 14.4. The zero-order valence-corrected chi connectivity index (χ0v) is 14.4. The molecule has 0 unspecified atom stereocenters. The summed E-state index contributed by atoms with van der Waals surface area (Å²) in [6.45, 7) is 2.11. The number of benzene rings is 2. The molecule has 128 valence electrons. The van der Waals surface area contributed by atoms with Crippen molar-refractivity contribution in [1.82, 2.24) is 14.7 Å². The smallest absolute Gasteiger partial charge is 0.250 e. The Bertz CT molecular complexity index is 908. The largest absolute Gasteiger partial charge is 0.366 e. The number of likely N-dealkylation sites (tertiary alicyclic amines) is 1. The van der Waals surface area contributed by atoms with E-state index >= 15 is 0 Å². The third-order valence-corrected chi connectivity index (χ3v) is 5.07. The molecule has 3 aromatic rings. The van der Waals surface area contributed by atoms with E-state index < -0.39 is 5.91 Å². The number of fused-ring (bicyclic) bond motifs is 1. The van der Waals surface area contributed by atoms with Gasteiger partial charge in [0.15, 0.2) is 0 Å². The fourth-order valence-corrected chi connectivity index (χ4v) is 3.71. The summed E-state index contributed by atoms with van der Waals surface area (Å²) >= 11 is 0. The average molecular weight is 334 g/mol. The minimum atomic E-state index is -0.432. The van der Waals surface area contributed by atoms with E-state index in [1.165, 1.54) is 0 Å². The number of carbonyl (C=O) groups excluding carboxylic acids is 1. The highest BCUT2D eigenvalue weighted by atomic mass is 16.1. The second-order valence-corrected chi connectivity index (χ2v) is 6.76. The first-order valence-electron chi connectivity index (χ1n) is 8.70. The van der Waals surface area contributed by atoms with E-state index in [0.29, 0.717) is 17.1 Å². The summed E-state index contributed by atoms with van der Waals surface area (Å²) in [5.74, 6) is -0.432. The summed E-state index contributed by atoms with van der Waals surface area (Å²) < 4.78 is 2.12. The van der Waals surface area contributed by atoms with Gasteiger partial charge >= 0.3 is 0 Å². The van der Waals surface area contributed by atoms with E-state index in [1.807, 2.05) is 30.3 Å². The Labute approximate surface area is 147 Å². The van der Waals surface area contributed by atoms with E-state index in [4.69, 9.17) is 10.8 Å². The van der Waals surface area contributed by atoms with Crippen LogP contribution in [0.5, 0.6) is 0 Å². The van der Waals surface area contributed by atoms with Gasteiger partial charge < -0.3 is 10.6 Å². The van der Waals surface area contributed by atoms with Gasteiger partial charge in [0, 0.05) is 10.9 Å². The van der Waals surface area contributed by atoms with E-state index in [-0.39, 0.29) is 0 Å². The van der Waals surface area contributed by atoms with Gasteiger partial charge in [0.2, 0.25) is 0 Å². The van der Waals surface area contributed by atoms with Crippen LogP contribution in [-0.4, -0.2) is 40.7 Å². The molecule has 2 heterocycles. The molecule has 1 saturated heterocycles. The minimum absolute atomic E-state index is 0.333. The van der Waals surface area contributed by atoms with Gasteiger partial charge in [0.05, 0.1) is 17.3 Å². The molecule has 1 aliphatic heterocycles. The molecule has 2 aromatic carbocycles. The summed E-state index contributed by atoms with van der Waals surface area (Å²) in [6, 6.07) is 16.3. The molecule has 1 aliphatic rings. The number of nitrogens with zero attached hydrogens (tertiary/aromatic N) is 3. The molecule has 25 heavy (non-hydrogen) atoms. The van der Waals surface area contributed by atoms with Crippen LogP contribution in [0.4, 0.5) is 0 Å². The molecule has 4 rings (SSSR count). The van der Waals surface area contributed by atoms with Gasteiger partial charge in [-0.2, -0.15) is 5.10 Å². The predicted octanol–water partition coefficient (Wildman–Crippen LogP) is 3.07. The number of hydrogen-bond donors (Lipinski definition) is 1. The second kappa shape index (κ2) is 6.33. The van der Waals surface area contributed by atoms with Crippen molar-refractivity contribution in [3.63, 3.8) is 0 Å². The maximum absolute atomic E-state index is 11.9. The monoisotopic (exact) mass is 334 g/mol. The summed E-state index contributed by atoms with van der Waals surface area (Å²) in [5, 5.41) is 5.84. The van der Waals surface area contributed by atoms with Crippen molar-refractivity contribution in [2.75, 3.05) is 20.1 Å². The van der Waals surface area contributed by atoms with Gasteiger partial charge in [0.25, 0.3) is 5.91 Å². The van der Waals surface area contributed by atoms with Gasteiger partial charge in [-0.3, -0.25) is 9.48 Å². The molecule has 1 amide bonds. The highest BCUT2D eigenvalue weighted by Crippen LogP contribution is 2.35. The number of aromatic nitrogens is 2. The quantitative estimate of drug-likeness (QED) is 0.800. The SMILES string of the molecule is CN1CCC(n2nc3c(C(N)=O)cccc3c2-c2ccccc2)CC1. The fraction of sp³-hybridized carbons (Fsp3) is 0.300. The predicted molar refractivity (Wildman–Crippen MR) is 99.5 cm³/mol. The average Bonchev–Trinajstić information content (AvgIpc) is 3.02. The second-order valence-electron chi connectivity index (χ2n) is 6.76. The molecule has 5 heteroatoms. The summed E-state index contributed by atoms with van der Waals surface area (Å²) in [7, 11) is 2.15. The van der Waals surface area contributed by atoms with Crippen molar-refractivity contribution in [3.05, 3.63) is 54.1 Å². The van der Waals surface area contributed by atoms with Crippen LogP contribution in [0.1, 0.15) is 29.2 Å². The third kappa shape index (κ3) is 2.81. The van der Waals surface area contributed by atoms with Crippen molar-refractivity contribution in [2.24, 2.45) is 5.73 Å². The van der Waals surface area contributed by atoms with Gasteiger partial charge in [-0.05, 0) is 39.0 Å². The first kappa shape index (κ1) is 15.8. The van der Waals surface area contributed by atoms with Gasteiger partial charge in [-0.1, -0.05) is 42.5 Å². The molecular formula is C20H22N4O. The minimum Gasteiger partial charge on any atom is -0.366 e. The number of amides is 1. The number of rotatable bonds is 3. The van der Waals surface area contributed by atoms with Crippen molar-refractivity contribution in [1.29, 1.82) is 0 Å². The van der Waals surface area contributed by atoms with Crippen LogP contribution < -0.4 is 5.73 Å². The molecule has 0 atom stereocenters. The van der Waals surface area contributed by atoms with Crippen LogP contribution in [0.25, 0.3) is 22.2 Å². The maximum Gasteiger partial charge on any atom is 0.250 e. The van der Waals surface area contributed by atoms with Crippen LogP contribution in [0.15, 0.2) is 48.5 Å². The Balaban J connectivity index is 1.94. The zero-order chi connectivity index (χ0) is 17.4. The summed E-state index contributed by atoms with van der Waals surface area (Å²) in [4.78, 5) is 14.2. The molecule has 0 aliphatic carbocycles. The number of primary amides is 1. The Hall–Kier alpha value is -2.66. The van der Waals surface area contributed by atoms with Crippen LogP contribution in [-0.2, 0) is 0 Å². The Kier molecular flexibility index (Phi) is 4.01. The van der Waals surface area contributed by atoms with Gasteiger partial charge in [-0.15, -0.1) is 0 Å². The lowest BCUT2D eigenvalue weighted by Crippen LogP contribution is -2.32. The lowest BCUT2D eigenvalue weighted by atomic mass is 10.0. The molecule has 1 fully saturated rings. The Morgan fingerprint density at radius 3 is 2.48 bits per heavy atom. The topological polar surface area (TPSA) is 64.2 Å². The fourth-order valence-electron chi connectivity index (χ4n) is 3.71. The number of piperidine rings is 1. The standard InChI is InChI=1S/C20H22N4O/c1-23-12-10-15(11-13-23)24-19(14-6-3-2-4-7-14)16-8-5-9-17(20(21)25)18(16)22-24/h2-9,15H,10-13H2,1H3,(H2,21,25). The number of carbonyl (C=O) groups is 1. The van der Waals surface area contributed by atoms with Crippen LogP contribution in [0.3, 0.4) is 0 Å². The highest BCUT2D eigenvalue weighted by molar-refractivity contribution is 6.08. The molecule has 0 radical (unpaired) electrons. The van der Waals surface area contributed by atoms with Crippen LogP contribution in [0, 0.1) is 0 Å². The molecule has 0 spiro atoms. The first-order valence-corrected chi connectivity index (χ1v) is 8.70. The van der Waals surface area contributed by atoms with E-state index in [0.717, 1.165) is 42.6 Å². The van der Waals surface area contributed by atoms with E-state index in [2.05, 4.69) is 28.8 Å². The van der Waals surface area contributed by atoms with Gasteiger partial charge in [-0.25, -0.2) is 0 Å². The van der Waals surface area contributed by atoms with Crippen molar-refractivity contribution in [2.45, 2.75) is 18.9 Å². The van der Waals surface area contributed by atoms with E-state index in [9.17, 15) is 4.79 Å². The lowest BCUT2D eigenvalue weighted by molar-refractivity contribution is 0.100. The third-order valence-electron chi connectivity index (χ3n) is 5.07. The van der Waals surface area contributed by atoms with Crippen LogP contribution in [0.2, 0.25) is 0 Å². The molecule has 2 N–H and O–H groups in total. The van der Waals surface area contributed by atoms with Crippen molar-refractivity contribution in [3.8, 4) is 11.3 Å². The molecular weight excluding hydrogens is 312 g/mol. The van der Waals surface area contributed by atoms with Crippen molar-refractivity contribution >= 4 is 16.8 Å². The normalized spacial score (nSPS) is 16.4. The van der Waals surface area contributed by atoms with Gasteiger partial charge in [0.1, 0.15) is 5.52 Å². The summed E-state index contributed by atoms with van der Waals surface area (Å²) in [5.41, 5.74) is 8.96. The molecule has 5 nitrogen and oxygen atoms in total. The lowest BCUT2D eigenvalue weighted by Gasteiger charge is -2.30. The molecule has 0 saturated carbocycles. The van der Waals surface area contributed by atoms with Crippen LogP contribution >= 0.6 is 0 Å². The Morgan fingerprint density at radius 2 is 1.80 bits per heavy atom. The first-order chi connectivity index (χ1) is 12.1. The molecule has 1 aromatic heterocycles. The molecule has 0 bridgehead atoms.